The highest BCUT2D eigenvalue weighted by Gasteiger charge is 2.47. The second kappa shape index (κ2) is 7.47. The lowest BCUT2D eigenvalue weighted by Gasteiger charge is -2.27. The summed E-state index contributed by atoms with van der Waals surface area (Å²) < 4.78 is 5.11. The van der Waals surface area contributed by atoms with Crippen molar-refractivity contribution in [3.05, 3.63) is 77.9 Å². The van der Waals surface area contributed by atoms with Crippen LogP contribution in [0.5, 0.6) is 0 Å². The summed E-state index contributed by atoms with van der Waals surface area (Å²) in [5.74, 6) is -0.315. The zero-order chi connectivity index (χ0) is 17.7. The normalized spacial score (nSPS) is 21.1. The second-order valence-electron chi connectivity index (χ2n) is 6.40. The first-order valence-corrected chi connectivity index (χ1v) is 8.61. The van der Waals surface area contributed by atoms with Gasteiger partial charge in [-0.1, -0.05) is 79.7 Å². The lowest BCUT2D eigenvalue weighted by atomic mass is 9.83. The number of ether oxygens (including phenoxy) is 1. The molecule has 0 bridgehead atoms. The molecule has 0 amide bonds. The van der Waals surface area contributed by atoms with Crippen LogP contribution >= 0.6 is 0 Å². The molecule has 1 aliphatic heterocycles. The van der Waals surface area contributed by atoms with Crippen LogP contribution < -0.4 is 0 Å². The quantitative estimate of drug-likeness (QED) is 0.754. The monoisotopic (exact) mass is 333 g/mol. The van der Waals surface area contributed by atoms with E-state index in [1.165, 1.54) is 7.11 Å². The maximum atomic E-state index is 12.6. The topological polar surface area (TPSA) is 38.7 Å². The molecule has 0 fully saturated rings. The van der Waals surface area contributed by atoms with E-state index in [1.54, 1.807) is 0 Å². The molecule has 0 spiro atoms. The molecule has 0 aromatic heterocycles. The van der Waals surface area contributed by atoms with Crippen molar-refractivity contribution in [3.8, 4) is 0 Å². The number of methoxy groups -OCH3 is 1. The number of hydrogen-bond donors (Lipinski definition) is 0. The van der Waals surface area contributed by atoms with Gasteiger partial charge in [-0.3, -0.25) is 4.99 Å². The van der Waals surface area contributed by atoms with Crippen LogP contribution in [-0.2, 0) is 9.53 Å². The number of nitrogens with zero attached hydrogens (tertiary/aromatic N) is 1. The van der Waals surface area contributed by atoms with Crippen molar-refractivity contribution in [1.82, 2.24) is 0 Å². The predicted octanol–water partition coefficient (Wildman–Crippen LogP) is 4.53. The summed E-state index contributed by atoms with van der Waals surface area (Å²) in [6, 6.07) is 20.1. The summed E-state index contributed by atoms with van der Waals surface area (Å²) in [4.78, 5) is 17.5. The molecule has 1 aliphatic rings. The van der Waals surface area contributed by atoms with Crippen molar-refractivity contribution in [3.63, 3.8) is 0 Å². The van der Waals surface area contributed by atoms with Gasteiger partial charge in [-0.25, -0.2) is 4.79 Å². The molecule has 1 heterocycles. The molecule has 2 atom stereocenters. The largest absolute Gasteiger partial charge is 0.467 e. The SMILES string of the molecule is COC(=O)[C@@]1([C@H](C)/C=C/c2ccccc2)CCC(c2ccccc2)=N1. The predicted molar refractivity (Wildman–Crippen MR) is 102 cm³/mol. The number of carbonyl (C=O) groups excluding carboxylic acids is 1. The third kappa shape index (κ3) is 3.55. The van der Waals surface area contributed by atoms with Gasteiger partial charge in [-0.15, -0.1) is 0 Å². The van der Waals surface area contributed by atoms with Crippen LogP contribution in [0.4, 0.5) is 0 Å². The Morgan fingerprint density at radius 1 is 1.12 bits per heavy atom. The van der Waals surface area contributed by atoms with Gasteiger partial charge in [0.2, 0.25) is 0 Å². The van der Waals surface area contributed by atoms with Crippen molar-refractivity contribution in [2.75, 3.05) is 7.11 Å². The lowest BCUT2D eigenvalue weighted by molar-refractivity contribution is -0.148. The Hall–Kier alpha value is -2.68. The van der Waals surface area contributed by atoms with Crippen LogP contribution in [0.3, 0.4) is 0 Å². The van der Waals surface area contributed by atoms with Crippen molar-refractivity contribution in [1.29, 1.82) is 0 Å². The van der Waals surface area contributed by atoms with E-state index in [9.17, 15) is 4.79 Å². The molecule has 2 aromatic rings. The van der Waals surface area contributed by atoms with Gasteiger partial charge in [-0.2, -0.15) is 0 Å². The first-order valence-electron chi connectivity index (χ1n) is 8.61. The van der Waals surface area contributed by atoms with E-state index >= 15 is 0 Å². The summed E-state index contributed by atoms with van der Waals surface area (Å²) >= 11 is 0. The van der Waals surface area contributed by atoms with Crippen molar-refractivity contribution in [2.24, 2.45) is 10.9 Å². The molecule has 0 saturated heterocycles. The molecule has 0 saturated carbocycles. The van der Waals surface area contributed by atoms with Crippen LogP contribution in [-0.4, -0.2) is 24.3 Å². The van der Waals surface area contributed by atoms with Crippen molar-refractivity contribution < 1.29 is 9.53 Å². The molecule has 25 heavy (non-hydrogen) atoms. The first-order chi connectivity index (χ1) is 12.2. The van der Waals surface area contributed by atoms with Crippen molar-refractivity contribution in [2.45, 2.75) is 25.3 Å². The Morgan fingerprint density at radius 2 is 1.76 bits per heavy atom. The summed E-state index contributed by atoms with van der Waals surface area (Å²) in [7, 11) is 1.44. The van der Waals surface area contributed by atoms with Gasteiger partial charge in [-0.05, 0) is 24.0 Å². The number of carbonyl (C=O) groups is 1. The van der Waals surface area contributed by atoms with Gasteiger partial charge in [0.15, 0.2) is 5.54 Å². The average molecular weight is 333 g/mol. The van der Waals surface area contributed by atoms with Gasteiger partial charge in [0, 0.05) is 11.6 Å². The highest BCUT2D eigenvalue weighted by molar-refractivity contribution is 6.04. The zero-order valence-corrected chi connectivity index (χ0v) is 14.7. The molecule has 3 rings (SSSR count). The molecule has 128 valence electrons. The Morgan fingerprint density at radius 3 is 2.40 bits per heavy atom. The molecule has 2 aromatic carbocycles. The van der Waals surface area contributed by atoms with E-state index in [1.807, 2.05) is 73.7 Å². The van der Waals surface area contributed by atoms with Gasteiger partial charge in [0.05, 0.1) is 7.11 Å². The summed E-state index contributed by atoms with van der Waals surface area (Å²) in [5.41, 5.74) is 2.32. The summed E-state index contributed by atoms with van der Waals surface area (Å²) in [6.07, 6.45) is 5.56. The molecular formula is C22H23NO2. The molecule has 0 N–H and O–H groups in total. The second-order valence-corrected chi connectivity index (χ2v) is 6.40. The molecule has 0 unspecified atom stereocenters. The third-order valence-electron chi connectivity index (χ3n) is 4.85. The van der Waals surface area contributed by atoms with Gasteiger partial charge >= 0.3 is 5.97 Å². The Bertz CT molecular complexity index is 780. The van der Waals surface area contributed by atoms with Crippen LogP contribution in [0.25, 0.3) is 6.08 Å². The number of hydrogen-bond acceptors (Lipinski definition) is 3. The van der Waals surface area contributed by atoms with Gasteiger partial charge in [0.25, 0.3) is 0 Å². The van der Waals surface area contributed by atoms with E-state index in [0.717, 1.165) is 23.3 Å². The van der Waals surface area contributed by atoms with E-state index in [4.69, 9.17) is 9.73 Å². The van der Waals surface area contributed by atoms with E-state index in [2.05, 4.69) is 6.08 Å². The zero-order valence-electron chi connectivity index (χ0n) is 14.7. The molecule has 3 heteroatoms. The number of esters is 1. The minimum atomic E-state index is -0.842. The van der Waals surface area contributed by atoms with Crippen LogP contribution in [0.2, 0.25) is 0 Å². The third-order valence-corrected chi connectivity index (χ3v) is 4.85. The smallest absolute Gasteiger partial charge is 0.334 e. The number of aliphatic imine (C=N–C) groups is 1. The molecule has 3 nitrogen and oxygen atoms in total. The number of rotatable bonds is 5. The van der Waals surface area contributed by atoms with Gasteiger partial charge in [0.1, 0.15) is 0 Å². The number of benzene rings is 2. The minimum Gasteiger partial charge on any atom is -0.467 e. The Kier molecular flexibility index (Phi) is 5.13. The van der Waals surface area contributed by atoms with Gasteiger partial charge < -0.3 is 4.74 Å². The summed E-state index contributed by atoms with van der Waals surface area (Å²) in [6.45, 7) is 2.04. The van der Waals surface area contributed by atoms with Crippen LogP contribution in [0, 0.1) is 5.92 Å². The highest BCUT2D eigenvalue weighted by atomic mass is 16.5. The lowest BCUT2D eigenvalue weighted by Crippen LogP contribution is -2.41. The fourth-order valence-corrected chi connectivity index (χ4v) is 3.32. The van der Waals surface area contributed by atoms with E-state index in [-0.39, 0.29) is 11.9 Å². The Balaban J connectivity index is 1.91. The fourth-order valence-electron chi connectivity index (χ4n) is 3.32. The van der Waals surface area contributed by atoms with Crippen LogP contribution in [0.1, 0.15) is 30.9 Å². The molecule has 0 aliphatic carbocycles. The maximum absolute atomic E-state index is 12.6. The Labute approximate surface area is 149 Å². The fraction of sp³-hybridized carbons (Fsp3) is 0.273. The molecular weight excluding hydrogens is 310 g/mol. The first kappa shape index (κ1) is 17.2. The van der Waals surface area contributed by atoms with Crippen molar-refractivity contribution >= 4 is 17.8 Å². The summed E-state index contributed by atoms with van der Waals surface area (Å²) in [5, 5.41) is 0. The standard InChI is InChI=1S/C22H23NO2/c1-17(13-14-18-9-5-3-6-10-18)22(21(24)25-2)16-15-20(23-22)19-11-7-4-8-12-19/h3-14,17H,15-16H2,1-2H3/b14-13+/t17-,22+/m1/s1. The maximum Gasteiger partial charge on any atom is 0.334 e. The average Bonchev–Trinajstić information content (AvgIpc) is 3.14. The highest BCUT2D eigenvalue weighted by Crippen LogP contribution is 2.37. The minimum absolute atomic E-state index is 0.0543. The van der Waals surface area contributed by atoms with E-state index < -0.39 is 5.54 Å². The molecule has 0 radical (unpaired) electrons. The van der Waals surface area contributed by atoms with Crippen LogP contribution in [0.15, 0.2) is 71.7 Å². The van der Waals surface area contributed by atoms with E-state index in [0.29, 0.717) is 6.42 Å².